The monoisotopic (exact) mass is 467 g/mol. The van der Waals surface area contributed by atoms with Crippen LogP contribution in [0.1, 0.15) is 37.0 Å². The topological polar surface area (TPSA) is 82.4 Å². The van der Waals surface area contributed by atoms with E-state index in [0.717, 1.165) is 40.5 Å². The second kappa shape index (κ2) is 9.11. The van der Waals surface area contributed by atoms with Gasteiger partial charge in [0.2, 0.25) is 15.6 Å². The van der Waals surface area contributed by atoms with Crippen molar-refractivity contribution in [1.29, 1.82) is 0 Å². The molecular weight excluding hydrogens is 448 g/mol. The fourth-order valence-electron chi connectivity index (χ4n) is 3.06. The van der Waals surface area contributed by atoms with Gasteiger partial charge in [0.05, 0.1) is 17.0 Å². The second-order valence-electron chi connectivity index (χ2n) is 6.78. The molecule has 0 aliphatic rings. The number of thiophene rings is 1. The van der Waals surface area contributed by atoms with Crippen molar-refractivity contribution < 1.29 is 31.5 Å². The third kappa shape index (κ3) is 4.91. The minimum absolute atomic E-state index is 0.0517. The third-order valence-electron chi connectivity index (χ3n) is 4.76. The number of nitrogens with zero attached hydrogens (tertiary/aromatic N) is 1. The van der Waals surface area contributed by atoms with Crippen LogP contribution in [0.25, 0.3) is 0 Å². The maximum Gasteiger partial charge on any atom is 0.341 e. The van der Waals surface area contributed by atoms with E-state index in [9.17, 15) is 26.8 Å². The van der Waals surface area contributed by atoms with E-state index in [-0.39, 0.29) is 11.3 Å². The highest BCUT2D eigenvalue weighted by molar-refractivity contribution is 7.91. The molecule has 3 rings (SSSR count). The van der Waals surface area contributed by atoms with Crippen molar-refractivity contribution in [2.24, 2.45) is 0 Å². The number of ketones is 1. The van der Waals surface area contributed by atoms with Gasteiger partial charge in [0.25, 0.3) is 0 Å². The molecule has 0 bridgehead atoms. The van der Waals surface area contributed by atoms with Gasteiger partial charge in [-0.15, -0.1) is 11.3 Å². The van der Waals surface area contributed by atoms with Crippen LogP contribution in [0.5, 0.6) is 0 Å². The van der Waals surface area contributed by atoms with Crippen LogP contribution in [0.4, 0.5) is 8.78 Å². The van der Waals surface area contributed by atoms with Gasteiger partial charge in [0.15, 0.2) is 6.61 Å². The number of esters is 1. The molecule has 2 aromatic heterocycles. The largest absolute Gasteiger partial charge is 0.454 e. The molecule has 164 valence electrons. The number of halogens is 2. The lowest BCUT2D eigenvalue weighted by Crippen LogP contribution is -2.16. The van der Waals surface area contributed by atoms with Crippen LogP contribution in [0.15, 0.2) is 52.7 Å². The molecule has 0 atom stereocenters. The number of rotatable bonds is 8. The Bertz CT molecular complexity index is 1200. The number of hydrogen-bond donors (Lipinski definition) is 0. The van der Waals surface area contributed by atoms with E-state index in [4.69, 9.17) is 4.74 Å². The summed E-state index contributed by atoms with van der Waals surface area (Å²) in [7, 11) is -4.75. The minimum Gasteiger partial charge on any atom is -0.454 e. The molecule has 0 aliphatic carbocycles. The molecule has 0 saturated heterocycles. The summed E-state index contributed by atoms with van der Waals surface area (Å²) in [6.07, 6.45) is 0. The molecule has 10 heteroatoms. The fourth-order valence-corrected chi connectivity index (χ4v) is 4.47. The second-order valence-corrected chi connectivity index (χ2v) is 9.73. The van der Waals surface area contributed by atoms with Crippen LogP contribution in [-0.4, -0.2) is 37.1 Å². The molecule has 0 saturated carbocycles. The zero-order valence-electron chi connectivity index (χ0n) is 16.7. The molecular formula is C21H19F2NO5S2. The first-order valence-electron chi connectivity index (χ1n) is 9.13. The van der Waals surface area contributed by atoms with Crippen molar-refractivity contribution in [3.63, 3.8) is 0 Å². The van der Waals surface area contributed by atoms with Crippen molar-refractivity contribution >= 4 is 32.9 Å². The first kappa shape index (κ1) is 22.8. The normalized spacial score (nSPS) is 11.6. The summed E-state index contributed by atoms with van der Waals surface area (Å²) < 4.78 is 55.1. The lowest BCUT2D eigenvalue weighted by Gasteiger charge is -2.09. The average molecular weight is 468 g/mol. The summed E-state index contributed by atoms with van der Waals surface area (Å²) in [6.45, 7) is 3.84. The highest BCUT2D eigenvalue weighted by Crippen LogP contribution is 2.21. The zero-order valence-corrected chi connectivity index (χ0v) is 18.3. The molecule has 0 radical (unpaired) electrons. The van der Waals surface area contributed by atoms with Crippen molar-refractivity contribution in [1.82, 2.24) is 4.57 Å². The number of aromatic nitrogens is 1. The number of ether oxygens (including phenoxy) is 1. The van der Waals surface area contributed by atoms with Crippen LogP contribution in [-0.2, 0) is 21.1 Å². The van der Waals surface area contributed by atoms with Crippen LogP contribution in [0.3, 0.4) is 0 Å². The van der Waals surface area contributed by atoms with E-state index in [0.29, 0.717) is 12.1 Å². The number of benzene rings is 1. The van der Waals surface area contributed by atoms with E-state index in [1.807, 2.05) is 35.9 Å². The molecule has 31 heavy (non-hydrogen) atoms. The van der Waals surface area contributed by atoms with Crippen LogP contribution < -0.4 is 0 Å². The Morgan fingerprint density at radius 3 is 2.39 bits per heavy atom. The van der Waals surface area contributed by atoms with Gasteiger partial charge >= 0.3 is 11.7 Å². The Labute approximate surface area is 182 Å². The predicted molar refractivity (Wildman–Crippen MR) is 112 cm³/mol. The number of sulfone groups is 1. The Kier molecular flexibility index (Phi) is 6.71. The van der Waals surface area contributed by atoms with Crippen molar-refractivity contribution in [3.8, 4) is 0 Å². The van der Waals surface area contributed by atoms with Crippen LogP contribution in [0, 0.1) is 13.8 Å². The van der Waals surface area contributed by atoms with Gasteiger partial charge in [-0.25, -0.2) is 13.2 Å². The van der Waals surface area contributed by atoms with E-state index in [1.165, 1.54) is 0 Å². The number of alkyl halides is 2. The number of Topliss-reactive ketones (excluding diaryl/α,β-unsaturated/α-hetero) is 1. The summed E-state index contributed by atoms with van der Waals surface area (Å²) in [4.78, 5) is 25.3. The van der Waals surface area contributed by atoms with E-state index in [2.05, 4.69) is 0 Å². The first-order chi connectivity index (χ1) is 14.6. The minimum atomic E-state index is -4.75. The smallest absolute Gasteiger partial charge is 0.341 e. The molecule has 0 amide bonds. The van der Waals surface area contributed by atoms with Crippen molar-refractivity contribution in [2.45, 2.75) is 31.0 Å². The first-order valence-corrected chi connectivity index (χ1v) is 11.6. The molecule has 0 spiro atoms. The standard InChI is InChI=1S/C21H19F2NO5S2/c1-13-10-18(14(2)24(13)11-16-4-3-9-30-16)19(25)12-29-20(26)15-5-7-17(8-6-15)31(27,28)21(22)23/h3-10,21H,11-12H2,1-2H3. The molecule has 0 unspecified atom stereocenters. The summed E-state index contributed by atoms with van der Waals surface area (Å²) in [5, 5.41) is 1.98. The van der Waals surface area contributed by atoms with Gasteiger partial charge in [-0.2, -0.15) is 8.78 Å². The van der Waals surface area contributed by atoms with Crippen molar-refractivity contribution in [3.05, 3.63) is 75.2 Å². The number of aryl methyl sites for hydroxylation is 1. The summed E-state index contributed by atoms with van der Waals surface area (Å²) in [6, 6.07) is 9.63. The van der Waals surface area contributed by atoms with E-state index < -0.39 is 33.1 Å². The highest BCUT2D eigenvalue weighted by Gasteiger charge is 2.26. The van der Waals surface area contributed by atoms with Crippen LogP contribution >= 0.6 is 11.3 Å². The van der Waals surface area contributed by atoms with Gasteiger partial charge in [0.1, 0.15) is 0 Å². The fraction of sp³-hybridized carbons (Fsp3) is 0.238. The number of carbonyl (C=O) groups excluding carboxylic acids is 2. The quantitative estimate of drug-likeness (QED) is 0.365. The molecule has 6 nitrogen and oxygen atoms in total. The Balaban J connectivity index is 1.66. The maximum absolute atomic E-state index is 12.6. The lowest BCUT2D eigenvalue weighted by atomic mass is 10.1. The van der Waals surface area contributed by atoms with Gasteiger partial charge in [0, 0.05) is 21.8 Å². The van der Waals surface area contributed by atoms with Gasteiger partial charge in [-0.05, 0) is 55.6 Å². The number of carbonyl (C=O) groups is 2. The molecule has 2 heterocycles. The van der Waals surface area contributed by atoms with Gasteiger partial charge < -0.3 is 9.30 Å². The van der Waals surface area contributed by atoms with Crippen LogP contribution in [0.2, 0.25) is 0 Å². The predicted octanol–water partition coefficient (Wildman–Crippen LogP) is 4.25. The third-order valence-corrected chi connectivity index (χ3v) is 7.02. The molecule has 3 aromatic rings. The Hall–Kier alpha value is -2.85. The Morgan fingerprint density at radius 1 is 1.13 bits per heavy atom. The summed E-state index contributed by atoms with van der Waals surface area (Å²) >= 11 is 1.61. The average Bonchev–Trinajstić information content (AvgIpc) is 3.35. The van der Waals surface area contributed by atoms with Crippen molar-refractivity contribution in [2.75, 3.05) is 6.61 Å². The summed E-state index contributed by atoms with van der Waals surface area (Å²) in [5.74, 6) is -4.79. The van der Waals surface area contributed by atoms with E-state index >= 15 is 0 Å². The molecule has 0 fully saturated rings. The summed E-state index contributed by atoms with van der Waals surface area (Å²) in [5.41, 5.74) is 2.05. The van der Waals surface area contributed by atoms with E-state index in [1.54, 1.807) is 17.4 Å². The SMILES string of the molecule is Cc1cc(C(=O)COC(=O)c2ccc(S(=O)(=O)C(F)F)cc2)c(C)n1Cc1cccs1. The van der Waals surface area contributed by atoms with Gasteiger partial charge in [-0.1, -0.05) is 6.07 Å². The highest BCUT2D eigenvalue weighted by atomic mass is 32.2. The number of hydrogen-bond acceptors (Lipinski definition) is 6. The van der Waals surface area contributed by atoms with Gasteiger partial charge in [-0.3, -0.25) is 4.79 Å². The Morgan fingerprint density at radius 2 is 1.81 bits per heavy atom. The lowest BCUT2D eigenvalue weighted by molar-refractivity contribution is 0.0474. The molecule has 0 N–H and O–H groups in total. The maximum atomic E-state index is 12.6. The zero-order chi connectivity index (χ0) is 22.8. The molecule has 0 aliphatic heterocycles. The molecule has 1 aromatic carbocycles.